The van der Waals surface area contributed by atoms with Gasteiger partial charge in [-0.3, -0.25) is 24.0 Å². The highest BCUT2D eigenvalue weighted by Crippen LogP contribution is 2.42. The van der Waals surface area contributed by atoms with Crippen LogP contribution in [0, 0.1) is 34.6 Å². The van der Waals surface area contributed by atoms with E-state index in [2.05, 4.69) is 139 Å². The lowest BCUT2D eigenvalue weighted by Crippen LogP contribution is -2.26. The number of rotatable bonds is 12. The summed E-state index contributed by atoms with van der Waals surface area (Å²) in [6.07, 6.45) is 24.6. The summed E-state index contributed by atoms with van der Waals surface area (Å²) in [6.45, 7) is 20.6. The zero-order chi connectivity index (χ0) is 86.9. The average Bonchev–Trinajstić information content (AvgIpc) is 1.60. The van der Waals surface area contributed by atoms with Gasteiger partial charge in [0.1, 0.15) is 59.5 Å². The maximum atomic E-state index is 13.2. The van der Waals surface area contributed by atoms with Gasteiger partial charge in [-0.25, -0.2) is 39.9 Å². The van der Waals surface area contributed by atoms with E-state index in [4.69, 9.17) is 14.2 Å². The van der Waals surface area contributed by atoms with Gasteiger partial charge in [0.2, 0.25) is 0 Å². The monoisotopic (exact) mass is 1780 g/mol. The molecule has 2 N–H and O–H groups in total. The van der Waals surface area contributed by atoms with Gasteiger partial charge < -0.3 is 53.2 Å². The van der Waals surface area contributed by atoms with E-state index < -0.39 is 0 Å². The van der Waals surface area contributed by atoms with E-state index in [0.29, 0.717) is 26.2 Å². The number of nitrogens with zero attached hydrogens (tertiary/aromatic N) is 14. The molecule has 5 aliphatic heterocycles. The van der Waals surface area contributed by atoms with Crippen molar-refractivity contribution in [2.75, 3.05) is 21.3 Å². The highest BCUT2D eigenvalue weighted by Gasteiger charge is 2.38. The minimum atomic E-state index is -0.00953. The number of nitrogens with one attached hydrogen (secondary N) is 2. The summed E-state index contributed by atoms with van der Waals surface area (Å²) in [5.74, 6) is 2.81. The maximum Gasteiger partial charge on any atom is 0.255 e. The summed E-state index contributed by atoms with van der Waals surface area (Å²) in [5.41, 5.74) is 25.7. The molecule has 0 spiro atoms. The number of hydrogen-bond donors (Lipinski definition) is 2. The number of halogens is 2. The first-order chi connectivity index (χ1) is 59.9. The van der Waals surface area contributed by atoms with Crippen LogP contribution in [-0.4, -0.2) is 119 Å². The number of allylic oxidation sites excluding steroid dienone is 1. The van der Waals surface area contributed by atoms with Gasteiger partial charge in [-0.1, -0.05) is 80.4 Å². The minimum Gasteiger partial charge on any atom is -0.497 e. The van der Waals surface area contributed by atoms with Crippen molar-refractivity contribution in [1.82, 2.24) is 78.9 Å². The van der Waals surface area contributed by atoms with E-state index in [1.165, 1.54) is 0 Å². The number of fused-ring (bicyclic) bond motifs is 9. The maximum absolute atomic E-state index is 13.2. The number of carbonyl (C=O) groups excluding carboxylic acids is 5. The van der Waals surface area contributed by atoms with Crippen LogP contribution in [0.25, 0.3) is 56.2 Å². The second-order valence-corrected chi connectivity index (χ2v) is 33.3. The van der Waals surface area contributed by atoms with Crippen LogP contribution in [0.3, 0.4) is 0 Å². The molecule has 0 fully saturated rings. The normalized spacial score (nSPS) is 15.8. The third-order valence-corrected chi connectivity index (χ3v) is 24.3. The summed E-state index contributed by atoms with van der Waals surface area (Å²) < 4.78 is 23.7. The Morgan fingerprint density at radius 3 is 1.20 bits per heavy atom. The van der Waals surface area contributed by atoms with Crippen LogP contribution < -0.4 is 24.8 Å². The lowest BCUT2D eigenvalue weighted by Gasteiger charge is -2.22. The number of carbonyl (C=O) groups is 5. The molecule has 0 saturated carbocycles. The molecule has 15 aromatic rings. The fourth-order valence-electron chi connectivity index (χ4n) is 17.0. The Morgan fingerprint density at radius 2 is 0.774 bits per heavy atom. The molecule has 1 aliphatic carbocycles. The van der Waals surface area contributed by atoms with E-state index in [-0.39, 0.29) is 53.7 Å². The summed E-state index contributed by atoms with van der Waals surface area (Å²) in [7, 11) is 4.95. The Hall–Kier alpha value is -13.9. The van der Waals surface area contributed by atoms with E-state index in [0.717, 1.165) is 194 Å². The first-order valence-corrected chi connectivity index (χ1v) is 42.2. The minimum absolute atomic E-state index is 0.00953. The van der Waals surface area contributed by atoms with Gasteiger partial charge >= 0.3 is 0 Å². The van der Waals surface area contributed by atoms with Crippen LogP contribution in [0.1, 0.15) is 187 Å². The van der Waals surface area contributed by atoms with Crippen molar-refractivity contribution in [3.05, 3.63) is 347 Å². The molecule has 624 valence electrons. The Bertz CT molecular complexity index is 6560. The SMILES string of the molecule is C1=Cc2cncnc2C1.COc1ccc(CN2C(=O)c3c(C)cc(-n4ccc5cncnc54)cc3C2C)cc1.COc1ccc(CN2C(=O)c3c(C)cc(Br)cc3C2C)cc1.COc1ccc(CN2Cc3cc(Br)cc(C)c3C2=O)cc1.Cc1cc(-n2ccc3cncnc32)cc2c1C(=O)NC2C.Cc1cc(-n2ccc3cncnc32)cc2c1C(=O)NC2C. The summed E-state index contributed by atoms with van der Waals surface area (Å²) in [6, 6.07) is 50.1. The predicted octanol–water partition coefficient (Wildman–Crippen LogP) is 19.0. The lowest BCUT2D eigenvalue weighted by atomic mass is 10.00. The van der Waals surface area contributed by atoms with Crippen LogP contribution in [0.15, 0.2) is 235 Å². The highest BCUT2D eigenvalue weighted by atomic mass is 79.9. The zero-order valence-corrected chi connectivity index (χ0v) is 73.7. The molecule has 4 atom stereocenters. The van der Waals surface area contributed by atoms with Crippen LogP contribution in [0.5, 0.6) is 17.2 Å². The quantitative estimate of drug-likeness (QED) is 0.115. The second-order valence-electron chi connectivity index (χ2n) is 31.4. The number of ether oxygens (including phenoxy) is 3. The zero-order valence-electron chi connectivity index (χ0n) is 70.6. The molecule has 0 radical (unpaired) electrons. The first kappa shape index (κ1) is 83.8. The molecule has 124 heavy (non-hydrogen) atoms. The third-order valence-electron chi connectivity index (χ3n) is 23.4. The Morgan fingerprint density at radius 1 is 0.403 bits per heavy atom. The van der Waals surface area contributed by atoms with Crippen molar-refractivity contribution in [3.63, 3.8) is 0 Å². The Labute approximate surface area is 734 Å². The molecule has 21 rings (SSSR count). The molecule has 4 unspecified atom stereocenters. The molecule has 7 aromatic heterocycles. The molecular formula is C98H90Br2N16O8. The predicted molar refractivity (Wildman–Crippen MR) is 484 cm³/mol. The number of hydrogen-bond acceptors (Lipinski definition) is 16. The summed E-state index contributed by atoms with van der Waals surface area (Å²) in [5, 5.41) is 8.90. The smallest absolute Gasteiger partial charge is 0.255 e. The molecule has 26 heteroatoms. The number of methoxy groups -OCH3 is 3. The van der Waals surface area contributed by atoms with E-state index in [9.17, 15) is 24.0 Å². The second kappa shape index (κ2) is 35.7. The van der Waals surface area contributed by atoms with Crippen molar-refractivity contribution in [3.8, 4) is 34.3 Å². The fourth-order valence-corrected chi connectivity index (χ4v) is 18.3. The van der Waals surface area contributed by atoms with Gasteiger partial charge in [0.25, 0.3) is 29.5 Å². The highest BCUT2D eigenvalue weighted by molar-refractivity contribution is 9.10. The van der Waals surface area contributed by atoms with Crippen LogP contribution in [0.4, 0.5) is 0 Å². The Balaban J connectivity index is 0.000000112. The molecule has 0 bridgehead atoms. The van der Waals surface area contributed by atoms with Crippen molar-refractivity contribution >= 4 is 101 Å². The van der Waals surface area contributed by atoms with E-state index >= 15 is 0 Å². The van der Waals surface area contributed by atoms with Crippen LogP contribution in [0.2, 0.25) is 0 Å². The number of amides is 5. The third kappa shape index (κ3) is 16.9. The standard InChI is InChI=1S/C24H22N4O2.C18H18BrNO2.C17H16BrNO2.2C16H14N4O.C7H6N2/c1-15-10-19(27-9-8-18-12-25-14-26-23(18)27)11-21-16(2)28(24(29)22(15)21)13-17-4-6-20(30-3)7-5-17;1-11-8-14(19)9-16-12(2)20(18(21)17(11)16)10-13-4-6-15(22-3)7-5-13;1-11-7-14(18)8-13-10-19(17(20)16(11)13)9-12-3-5-15(21-2)6-4-12;2*1-9-5-12(6-13-10(2)19-16(21)14(9)13)20-4-3-11-7-17-8-18-15(11)20;1-2-6-4-8-5-9-7(6)3-1/h4-12,14,16H,13H2,1-3H3;4-9,12H,10H2,1-3H3;3-8H,9-10H2,1-2H3;2*3-8,10H,1-2H3,(H,19,21);1-2,4-5H,3H2. The molecular weight excluding hydrogens is 1690 g/mol. The van der Waals surface area contributed by atoms with Crippen molar-refractivity contribution < 1.29 is 38.2 Å². The molecule has 6 aliphatic rings. The first-order valence-electron chi connectivity index (χ1n) is 40.6. The summed E-state index contributed by atoms with van der Waals surface area (Å²) >= 11 is 7.02. The van der Waals surface area contributed by atoms with Gasteiger partial charge in [0.05, 0.1) is 51.2 Å². The molecule has 5 amide bonds. The van der Waals surface area contributed by atoms with Gasteiger partial charge in [-0.05, 0) is 250 Å². The van der Waals surface area contributed by atoms with Gasteiger partial charge in [0.15, 0.2) is 0 Å². The van der Waals surface area contributed by atoms with Gasteiger partial charge in [-0.2, -0.15) is 0 Å². The van der Waals surface area contributed by atoms with Crippen molar-refractivity contribution in [1.29, 1.82) is 0 Å². The van der Waals surface area contributed by atoms with Crippen LogP contribution >= 0.6 is 31.9 Å². The number of benzene rings is 8. The molecule has 0 saturated heterocycles. The van der Waals surface area contributed by atoms with Crippen LogP contribution in [-0.2, 0) is 32.6 Å². The molecule has 24 nitrogen and oxygen atoms in total. The van der Waals surface area contributed by atoms with E-state index in [1.54, 1.807) is 59.0 Å². The molecule has 12 heterocycles. The van der Waals surface area contributed by atoms with Crippen molar-refractivity contribution in [2.24, 2.45) is 0 Å². The number of aryl methyl sites for hydroxylation is 5. The Kier molecular flexibility index (Phi) is 24.1. The largest absolute Gasteiger partial charge is 0.497 e. The summed E-state index contributed by atoms with van der Waals surface area (Å²) in [4.78, 5) is 101. The molecule has 8 aromatic carbocycles. The van der Waals surface area contributed by atoms with Gasteiger partial charge in [0, 0.05) is 152 Å². The average molecular weight is 1780 g/mol. The topological polar surface area (TPSA) is 265 Å². The van der Waals surface area contributed by atoms with Crippen molar-refractivity contribution in [2.45, 2.75) is 119 Å². The lowest BCUT2D eigenvalue weighted by molar-refractivity contribution is 0.0715. The fraction of sp³-hybridized carbons (Fsp3) is 0.214. The van der Waals surface area contributed by atoms with E-state index in [1.807, 2.05) is 229 Å². The number of aromatic nitrogens is 11. The van der Waals surface area contributed by atoms with Gasteiger partial charge in [-0.15, -0.1) is 0 Å².